The Bertz CT molecular complexity index is 734. The summed E-state index contributed by atoms with van der Waals surface area (Å²) >= 11 is 0. The van der Waals surface area contributed by atoms with E-state index < -0.39 is 6.10 Å². The first-order valence-corrected chi connectivity index (χ1v) is 9.74. The van der Waals surface area contributed by atoms with Crippen molar-refractivity contribution >= 4 is 29.9 Å². The largest absolute Gasteiger partial charge is 0.491 e. The summed E-state index contributed by atoms with van der Waals surface area (Å²) in [6.07, 6.45) is 0.995. The minimum Gasteiger partial charge on any atom is -0.491 e. The van der Waals surface area contributed by atoms with Crippen LogP contribution in [0.25, 0.3) is 0 Å². The molecule has 0 saturated carbocycles. The van der Waals surface area contributed by atoms with Gasteiger partial charge in [-0.05, 0) is 51.8 Å². The Morgan fingerprint density at radius 2 is 1.97 bits per heavy atom. The van der Waals surface area contributed by atoms with Crippen LogP contribution in [0, 0.1) is 6.92 Å². The average molecular weight is 517 g/mol. The van der Waals surface area contributed by atoms with Gasteiger partial charge in [0.1, 0.15) is 5.75 Å². The van der Waals surface area contributed by atoms with Gasteiger partial charge in [-0.25, -0.2) is 0 Å². The maximum absolute atomic E-state index is 10.4. The molecule has 0 aliphatic rings. The van der Waals surface area contributed by atoms with Crippen LogP contribution in [0.4, 0.5) is 0 Å². The first-order chi connectivity index (χ1) is 13.5. The fourth-order valence-corrected chi connectivity index (χ4v) is 2.55. The average Bonchev–Trinajstić information content (AvgIpc) is 3.08. The van der Waals surface area contributed by atoms with Crippen molar-refractivity contribution < 1.29 is 14.4 Å². The number of aromatic nitrogens is 2. The first-order valence-electron chi connectivity index (χ1n) is 9.74. The van der Waals surface area contributed by atoms with Gasteiger partial charge in [0.15, 0.2) is 11.8 Å². The van der Waals surface area contributed by atoms with Gasteiger partial charge in [-0.1, -0.05) is 17.3 Å². The van der Waals surface area contributed by atoms with E-state index in [9.17, 15) is 5.11 Å². The third-order valence-electron chi connectivity index (χ3n) is 3.83. The summed E-state index contributed by atoms with van der Waals surface area (Å²) in [5.74, 6) is 2.75. The quantitative estimate of drug-likeness (QED) is 0.193. The minimum atomic E-state index is -0.676. The first kappa shape index (κ1) is 25.2. The zero-order valence-corrected chi connectivity index (χ0v) is 19.8. The zero-order valence-electron chi connectivity index (χ0n) is 17.5. The van der Waals surface area contributed by atoms with Crippen molar-refractivity contribution in [2.45, 2.75) is 52.7 Å². The second-order valence-corrected chi connectivity index (χ2v) is 6.74. The second kappa shape index (κ2) is 13.4. The molecule has 9 heteroatoms. The third-order valence-corrected chi connectivity index (χ3v) is 3.83. The molecule has 0 aliphatic heterocycles. The number of guanidine groups is 1. The Kier molecular flexibility index (Phi) is 11.6. The molecule has 8 nitrogen and oxygen atoms in total. The molecule has 162 valence electrons. The smallest absolute Gasteiger partial charge is 0.226 e. The summed E-state index contributed by atoms with van der Waals surface area (Å²) in [7, 11) is 0. The molecule has 1 aromatic heterocycles. The van der Waals surface area contributed by atoms with Crippen LogP contribution in [0.2, 0.25) is 0 Å². The SMILES string of the molecule is CCNC(=NCC(O)c1ccc(OC(C)C)cc1)NCCCc1nc(C)no1.I. The number of benzene rings is 1. The number of aliphatic hydroxyl groups excluding tert-OH is 1. The summed E-state index contributed by atoms with van der Waals surface area (Å²) in [4.78, 5) is 8.66. The lowest BCUT2D eigenvalue weighted by Crippen LogP contribution is -2.38. The van der Waals surface area contributed by atoms with Gasteiger partial charge >= 0.3 is 0 Å². The molecule has 1 unspecified atom stereocenters. The van der Waals surface area contributed by atoms with Crippen molar-refractivity contribution in [3.05, 3.63) is 41.5 Å². The lowest BCUT2D eigenvalue weighted by Gasteiger charge is -2.14. The van der Waals surface area contributed by atoms with Crippen LogP contribution in [0.5, 0.6) is 5.75 Å². The number of nitrogens with zero attached hydrogens (tertiary/aromatic N) is 3. The normalized spacial score (nSPS) is 12.4. The highest BCUT2D eigenvalue weighted by Gasteiger charge is 2.09. The standard InChI is InChI=1S/C20H31N5O3.HI/c1-5-21-20(22-12-6-7-19-24-15(4)25-28-19)23-13-18(26)16-8-10-17(11-9-16)27-14(2)3;/h8-11,14,18,26H,5-7,12-13H2,1-4H3,(H2,21,22,23);1H. The van der Waals surface area contributed by atoms with E-state index in [4.69, 9.17) is 9.26 Å². The van der Waals surface area contributed by atoms with Gasteiger partial charge in [0.25, 0.3) is 0 Å². The van der Waals surface area contributed by atoms with Crippen LogP contribution in [0.1, 0.15) is 50.6 Å². The van der Waals surface area contributed by atoms with Gasteiger partial charge in [-0.15, -0.1) is 24.0 Å². The Morgan fingerprint density at radius 3 is 2.55 bits per heavy atom. The number of aliphatic hydroxyl groups is 1. The Morgan fingerprint density at radius 1 is 1.24 bits per heavy atom. The number of rotatable bonds is 10. The highest BCUT2D eigenvalue weighted by Crippen LogP contribution is 2.19. The van der Waals surface area contributed by atoms with Crippen LogP contribution < -0.4 is 15.4 Å². The van der Waals surface area contributed by atoms with Crippen molar-refractivity contribution in [3.63, 3.8) is 0 Å². The highest BCUT2D eigenvalue weighted by molar-refractivity contribution is 14.0. The highest BCUT2D eigenvalue weighted by atomic mass is 127. The zero-order chi connectivity index (χ0) is 20.4. The molecule has 0 saturated heterocycles. The van der Waals surface area contributed by atoms with Gasteiger partial charge in [-0.2, -0.15) is 4.98 Å². The van der Waals surface area contributed by atoms with Crippen LogP contribution in [-0.4, -0.2) is 46.9 Å². The lowest BCUT2D eigenvalue weighted by atomic mass is 10.1. The topological polar surface area (TPSA) is 105 Å². The van der Waals surface area contributed by atoms with Gasteiger partial charge in [0.05, 0.1) is 18.8 Å². The summed E-state index contributed by atoms with van der Waals surface area (Å²) in [6, 6.07) is 7.46. The monoisotopic (exact) mass is 517 g/mol. The molecule has 1 aromatic carbocycles. The lowest BCUT2D eigenvalue weighted by molar-refractivity contribution is 0.186. The molecule has 2 rings (SSSR count). The molecule has 0 bridgehead atoms. The summed E-state index contributed by atoms with van der Waals surface area (Å²) < 4.78 is 10.7. The van der Waals surface area contributed by atoms with Crippen LogP contribution >= 0.6 is 24.0 Å². The minimum absolute atomic E-state index is 0. The van der Waals surface area contributed by atoms with E-state index in [0.717, 1.165) is 24.3 Å². The fraction of sp³-hybridized carbons (Fsp3) is 0.550. The van der Waals surface area contributed by atoms with E-state index in [2.05, 4.69) is 25.8 Å². The van der Waals surface area contributed by atoms with E-state index in [1.807, 2.05) is 45.0 Å². The Balaban J connectivity index is 0.00000420. The number of halogens is 1. The molecular weight excluding hydrogens is 485 g/mol. The maximum Gasteiger partial charge on any atom is 0.226 e. The molecule has 0 spiro atoms. The molecule has 0 fully saturated rings. The van der Waals surface area contributed by atoms with Crippen molar-refractivity contribution in [1.29, 1.82) is 0 Å². The molecule has 2 aromatic rings. The molecule has 0 aliphatic carbocycles. The van der Waals surface area contributed by atoms with Gasteiger partial charge < -0.3 is 25.0 Å². The number of aliphatic imine (C=N–C) groups is 1. The predicted octanol–water partition coefficient (Wildman–Crippen LogP) is 3.00. The molecule has 1 atom stereocenters. The van der Waals surface area contributed by atoms with Gasteiger partial charge in [0, 0.05) is 19.5 Å². The molecule has 0 radical (unpaired) electrons. The van der Waals surface area contributed by atoms with E-state index in [1.54, 1.807) is 6.92 Å². The fourth-order valence-electron chi connectivity index (χ4n) is 2.55. The van der Waals surface area contributed by atoms with Crippen molar-refractivity contribution in [2.24, 2.45) is 4.99 Å². The molecule has 29 heavy (non-hydrogen) atoms. The van der Waals surface area contributed by atoms with Crippen molar-refractivity contribution in [2.75, 3.05) is 19.6 Å². The maximum atomic E-state index is 10.4. The molecular formula is C20H32IN5O3. The Labute approximate surface area is 189 Å². The van der Waals surface area contributed by atoms with Gasteiger partial charge in [0.2, 0.25) is 5.89 Å². The van der Waals surface area contributed by atoms with Crippen LogP contribution in [0.3, 0.4) is 0 Å². The van der Waals surface area contributed by atoms with E-state index in [0.29, 0.717) is 30.6 Å². The Hall–Kier alpha value is -1.88. The number of hydrogen-bond donors (Lipinski definition) is 3. The summed E-state index contributed by atoms with van der Waals surface area (Å²) in [6.45, 7) is 9.49. The molecule has 0 amide bonds. The van der Waals surface area contributed by atoms with E-state index in [1.165, 1.54) is 0 Å². The third kappa shape index (κ3) is 9.44. The molecule has 3 N–H and O–H groups in total. The van der Waals surface area contributed by atoms with E-state index >= 15 is 0 Å². The number of hydrogen-bond acceptors (Lipinski definition) is 6. The van der Waals surface area contributed by atoms with Crippen LogP contribution in [-0.2, 0) is 6.42 Å². The summed E-state index contributed by atoms with van der Waals surface area (Å²) in [5, 5.41) is 20.6. The second-order valence-electron chi connectivity index (χ2n) is 6.74. The predicted molar refractivity (Wildman–Crippen MR) is 124 cm³/mol. The van der Waals surface area contributed by atoms with Crippen molar-refractivity contribution in [3.8, 4) is 5.75 Å². The number of aryl methyl sites for hydroxylation is 2. The van der Waals surface area contributed by atoms with Gasteiger partial charge in [-0.3, -0.25) is 4.99 Å². The number of ether oxygens (including phenoxy) is 1. The number of nitrogens with one attached hydrogen (secondary N) is 2. The van der Waals surface area contributed by atoms with E-state index in [-0.39, 0.29) is 36.6 Å². The molecule has 1 heterocycles. The van der Waals surface area contributed by atoms with Crippen LogP contribution in [0.15, 0.2) is 33.8 Å². The van der Waals surface area contributed by atoms with Crippen molar-refractivity contribution in [1.82, 2.24) is 20.8 Å². The summed E-state index contributed by atoms with van der Waals surface area (Å²) in [5.41, 5.74) is 0.808.